The van der Waals surface area contributed by atoms with Gasteiger partial charge in [0.15, 0.2) is 5.82 Å². The van der Waals surface area contributed by atoms with Crippen LogP contribution in [-0.4, -0.2) is 45.9 Å². The molecule has 6 nitrogen and oxygen atoms in total. The Morgan fingerprint density at radius 3 is 2.65 bits per heavy atom. The Morgan fingerprint density at radius 2 is 1.87 bits per heavy atom. The highest BCUT2D eigenvalue weighted by molar-refractivity contribution is 5.48. The maximum absolute atomic E-state index is 5.45. The van der Waals surface area contributed by atoms with E-state index < -0.39 is 0 Å². The summed E-state index contributed by atoms with van der Waals surface area (Å²) >= 11 is 0. The van der Waals surface area contributed by atoms with Gasteiger partial charge in [-0.25, -0.2) is 4.98 Å². The average Bonchev–Trinajstić information content (AvgIpc) is 2.98. The molecule has 0 spiro atoms. The SMILES string of the molecule is Cc1cc(N2CCOCC2)n2nc(Cc3ccccc3)nc2n1. The Labute approximate surface area is 134 Å². The summed E-state index contributed by atoms with van der Waals surface area (Å²) < 4.78 is 7.30. The fourth-order valence-electron chi connectivity index (χ4n) is 2.88. The van der Waals surface area contributed by atoms with Crippen LogP contribution in [0, 0.1) is 6.92 Å². The number of fused-ring (bicyclic) bond motifs is 1. The molecule has 6 heteroatoms. The molecule has 3 aromatic rings. The maximum atomic E-state index is 5.45. The van der Waals surface area contributed by atoms with E-state index in [0.29, 0.717) is 12.2 Å². The Morgan fingerprint density at radius 1 is 1.09 bits per heavy atom. The Hall–Kier alpha value is -2.47. The number of benzene rings is 1. The van der Waals surface area contributed by atoms with Crippen molar-refractivity contribution in [3.63, 3.8) is 0 Å². The lowest BCUT2D eigenvalue weighted by atomic mass is 10.1. The largest absolute Gasteiger partial charge is 0.378 e. The number of rotatable bonds is 3. The maximum Gasteiger partial charge on any atom is 0.254 e. The lowest BCUT2D eigenvalue weighted by Crippen LogP contribution is -2.37. The fraction of sp³-hybridized carbons (Fsp3) is 0.353. The Bertz CT molecular complexity index is 808. The van der Waals surface area contributed by atoms with Crippen molar-refractivity contribution in [3.05, 3.63) is 53.5 Å². The number of nitrogens with zero attached hydrogens (tertiary/aromatic N) is 5. The Balaban J connectivity index is 1.72. The van der Waals surface area contributed by atoms with Crippen LogP contribution in [0.4, 0.5) is 5.82 Å². The normalized spacial score (nSPS) is 15.3. The first kappa shape index (κ1) is 14.1. The van der Waals surface area contributed by atoms with Gasteiger partial charge in [-0.3, -0.25) is 0 Å². The van der Waals surface area contributed by atoms with Gasteiger partial charge in [0.1, 0.15) is 5.82 Å². The minimum Gasteiger partial charge on any atom is -0.378 e. The molecule has 1 saturated heterocycles. The van der Waals surface area contributed by atoms with Crippen molar-refractivity contribution >= 4 is 11.6 Å². The molecule has 0 amide bonds. The summed E-state index contributed by atoms with van der Waals surface area (Å²) in [4.78, 5) is 11.4. The van der Waals surface area contributed by atoms with E-state index in [0.717, 1.165) is 43.6 Å². The smallest absolute Gasteiger partial charge is 0.254 e. The molecule has 1 aliphatic rings. The second-order valence-electron chi connectivity index (χ2n) is 5.76. The van der Waals surface area contributed by atoms with Gasteiger partial charge in [0.25, 0.3) is 5.78 Å². The zero-order chi connectivity index (χ0) is 15.6. The highest BCUT2D eigenvalue weighted by Gasteiger charge is 2.17. The first-order valence-corrected chi connectivity index (χ1v) is 7.89. The molecule has 2 aromatic heterocycles. The van der Waals surface area contributed by atoms with Crippen molar-refractivity contribution < 1.29 is 4.74 Å². The summed E-state index contributed by atoms with van der Waals surface area (Å²) in [5.74, 6) is 2.50. The first-order valence-electron chi connectivity index (χ1n) is 7.89. The second-order valence-corrected chi connectivity index (χ2v) is 5.76. The predicted octanol–water partition coefficient (Wildman–Crippen LogP) is 1.86. The van der Waals surface area contributed by atoms with Gasteiger partial charge in [-0.2, -0.15) is 9.50 Å². The summed E-state index contributed by atoms with van der Waals surface area (Å²) in [6.07, 6.45) is 0.714. The van der Waals surface area contributed by atoms with Gasteiger partial charge < -0.3 is 9.64 Å². The number of aryl methyl sites for hydroxylation is 1. The number of ether oxygens (including phenoxy) is 1. The molecule has 1 aromatic carbocycles. The molecule has 0 unspecified atom stereocenters. The first-order chi connectivity index (χ1) is 11.3. The fourth-order valence-corrected chi connectivity index (χ4v) is 2.88. The van der Waals surface area contributed by atoms with E-state index >= 15 is 0 Å². The van der Waals surface area contributed by atoms with E-state index in [9.17, 15) is 0 Å². The predicted molar refractivity (Wildman–Crippen MR) is 87.8 cm³/mol. The topological polar surface area (TPSA) is 55.6 Å². The van der Waals surface area contributed by atoms with E-state index in [2.05, 4.69) is 38.2 Å². The van der Waals surface area contributed by atoms with Gasteiger partial charge in [0.2, 0.25) is 0 Å². The summed E-state index contributed by atoms with van der Waals surface area (Å²) in [5, 5.41) is 4.68. The third kappa shape index (κ3) is 2.90. The van der Waals surface area contributed by atoms with Crippen LogP contribution in [0.2, 0.25) is 0 Å². The zero-order valence-electron chi connectivity index (χ0n) is 13.1. The van der Waals surface area contributed by atoms with E-state index in [1.165, 1.54) is 5.56 Å². The number of morpholine rings is 1. The van der Waals surface area contributed by atoms with Crippen LogP contribution in [0.1, 0.15) is 17.1 Å². The molecule has 0 N–H and O–H groups in total. The number of hydrogen-bond donors (Lipinski definition) is 0. The van der Waals surface area contributed by atoms with Crippen molar-refractivity contribution in [1.29, 1.82) is 0 Å². The van der Waals surface area contributed by atoms with E-state index in [-0.39, 0.29) is 0 Å². The van der Waals surface area contributed by atoms with E-state index in [1.54, 1.807) is 0 Å². The zero-order valence-corrected chi connectivity index (χ0v) is 13.1. The molecule has 1 aliphatic heterocycles. The minimum absolute atomic E-state index is 0.664. The molecular formula is C17H19N5O. The van der Waals surface area contributed by atoms with Crippen molar-refractivity contribution in [3.8, 4) is 0 Å². The molecule has 0 atom stereocenters. The van der Waals surface area contributed by atoms with E-state index in [1.807, 2.05) is 29.6 Å². The van der Waals surface area contributed by atoms with Crippen LogP contribution in [0.3, 0.4) is 0 Å². The van der Waals surface area contributed by atoms with Crippen LogP contribution in [0.15, 0.2) is 36.4 Å². The molecule has 4 rings (SSSR count). The molecule has 0 saturated carbocycles. The van der Waals surface area contributed by atoms with Gasteiger partial charge >= 0.3 is 0 Å². The van der Waals surface area contributed by atoms with Gasteiger partial charge in [0.05, 0.1) is 13.2 Å². The van der Waals surface area contributed by atoms with Gasteiger partial charge in [0, 0.05) is 31.3 Å². The van der Waals surface area contributed by atoms with Crippen molar-refractivity contribution in [2.24, 2.45) is 0 Å². The van der Waals surface area contributed by atoms with Crippen LogP contribution >= 0.6 is 0 Å². The van der Waals surface area contributed by atoms with Crippen LogP contribution in [0.25, 0.3) is 5.78 Å². The summed E-state index contributed by atoms with van der Waals surface area (Å²) in [6, 6.07) is 12.3. The Kier molecular flexibility index (Phi) is 3.67. The van der Waals surface area contributed by atoms with Crippen molar-refractivity contribution in [2.75, 3.05) is 31.2 Å². The third-order valence-corrected chi connectivity index (χ3v) is 4.01. The molecule has 1 fully saturated rings. The molecular weight excluding hydrogens is 290 g/mol. The van der Waals surface area contributed by atoms with Crippen LogP contribution in [0.5, 0.6) is 0 Å². The number of aromatic nitrogens is 4. The molecule has 23 heavy (non-hydrogen) atoms. The molecule has 0 bridgehead atoms. The number of anilines is 1. The molecule has 0 aliphatic carbocycles. The lowest BCUT2D eigenvalue weighted by molar-refractivity contribution is 0.122. The number of hydrogen-bond acceptors (Lipinski definition) is 5. The highest BCUT2D eigenvalue weighted by Crippen LogP contribution is 2.18. The van der Waals surface area contributed by atoms with Crippen LogP contribution in [-0.2, 0) is 11.2 Å². The summed E-state index contributed by atoms with van der Waals surface area (Å²) in [7, 11) is 0. The third-order valence-electron chi connectivity index (χ3n) is 4.01. The summed E-state index contributed by atoms with van der Waals surface area (Å²) in [5.41, 5.74) is 2.16. The average molecular weight is 309 g/mol. The lowest BCUT2D eigenvalue weighted by Gasteiger charge is -2.28. The molecule has 0 radical (unpaired) electrons. The monoisotopic (exact) mass is 309 g/mol. The second kappa shape index (κ2) is 5.96. The summed E-state index contributed by atoms with van der Waals surface area (Å²) in [6.45, 7) is 5.22. The quantitative estimate of drug-likeness (QED) is 0.739. The minimum atomic E-state index is 0.664. The molecule has 118 valence electrons. The van der Waals surface area contributed by atoms with Gasteiger partial charge in [-0.15, -0.1) is 5.10 Å². The molecule has 3 heterocycles. The van der Waals surface area contributed by atoms with Crippen LogP contribution < -0.4 is 4.90 Å². The van der Waals surface area contributed by atoms with Gasteiger partial charge in [-0.05, 0) is 12.5 Å². The van der Waals surface area contributed by atoms with Crippen molar-refractivity contribution in [2.45, 2.75) is 13.3 Å². The van der Waals surface area contributed by atoms with Crippen molar-refractivity contribution in [1.82, 2.24) is 19.6 Å². The van der Waals surface area contributed by atoms with Gasteiger partial charge in [-0.1, -0.05) is 30.3 Å². The standard InChI is InChI=1S/C17H19N5O/c1-13-11-16(21-7-9-23-10-8-21)22-17(18-13)19-15(20-22)12-14-5-3-2-4-6-14/h2-6,11H,7-10,12H2,1H3. The highest BCUT2D eigenvalue weighted by atomic mass is 16.5. The van der Waals surface area contributed by atoms with E-state index in [4.69, 9.17) is 4.74 Å².